The first-order valence-electron chi connectivity index (χ1n) is 18.8. The second-order valence-electron chi connectivity index (χ2n) is 14.1. The van der Waals surface area contributed by atoms with Crippen molar-refractivity contribution in [2.75, 3.05) is 4.90 Å². The molecule has 3 nitrogen and oxygen atoms in total. The van der Waals surface area contributed by atoms with Gasteiger partial charge in [-0.3, -0.25) is 0 Å². The van der Waals surface area contributed by atoms with Gasteiger partial charge >= 0.3 is 0 Å². The summed E-state index contributed by atoms with van der Waals surface area (Å²) >= 11 is 0. The Kier molecular flexibility index (Phi) is 7.17. The molecule has 0 bridgehead atoms. The molecule has 9 aromatic carbocycles. The van der Waals surface area contributed by atoms with Crippen molar-refractivity contribution in [2.45, 2.75) is 0 Å². The normalized spacial score (nSPS) is 11.6. The van der Waals surface area contributed by atoms with Crippen molar-refractivity contribution in [3.63, 3.8) is 0 Å². The average molecular weight is 703 g/mol. The molecule has 0 unspecified atom stereocenters. The van der Waals surface area contributed by atoms with Crippen LogP contribution in [-0.2, 0) is 0 Å². The Balaban J connectivity index is 1.11. The number of aromatic nitrogens is 1. The van der Waals surface area contributed by atoms with Gasteiger partial charge in [0, 0.05) is 49.9 Å². The maximum atomic E-state index is 6.70. The molecular formula is C52H34N2O. The first-order valence-corrected chi connectivity index (χ1v) is 18.8. The molecule has 0 aliphatic rings. The Hall–Kier alpha value is -7.36. The second kappa shape index (κ2) is 12.6. The predicted molar refractivity (Wildman–Crippen MR) is 231 cm³/mol. The molecule has 11 aromatic rings. The fourth-order valence-electron chi connectivity index (χ4n) is 8.46. The number of benzene rings is 9. The lowest BCUT2D eigenvalue weighted by atomic mass is 9.97. The van der Waals surface area contributed by atoms with Crippen molar-refractivity contribution in [3.05, 3.63) is 206 Å². The third-order valence-corrected chi connectivity index (χ3v) is 11.0. The first-order chi connectivity index (χ1) is 27.3. The number of para-hydroxylation sites is 4. The molecule has 0 N–H and O–H groups in total. The minimum atomic E-state index is 0.877. The van der Waals surface area contributed by atoms with E-state index in [0.29, 0.717) is 0 Å². The summed E-state index contributed by atoms with van der Waals surface area (Å²) in [6.45, 7) is 0. The molecule has 0 saturated heterocycles. The highest BCUT2D eigenvalue weighted by atomic mass is 16.3. The molecular weight excluding hydrogens is 669 g/mol. The van der Waals surface area contributed by atoms with Crippen LogP contribution in [-0.4, -0.2) is 4.57 Å². The van der Waals surface area contributed by atoms with E-state index in [9.17, 15) is 0 Å². The van der Waals surface area contributed by atoms with Crippen LogP contribution < -0.4 is 4.90 Å². The molecule has 0 aliphatic carbocycles. The zero-order chi connectivity index (χ0) is 36.3. The van der Waals surface area contributed by atoms with E-state index in [1.807, 2.05) is 6.07 Å². The highest BCUT2D eigenvalue weighted by Crippen LogP contribution is 2.44. The molecule has 0 spiro atoms. The van der Waals surface area contributed by atoms with E-state index in [4.69, 9.17) is 4.42 Å². The minimum Gasteiger partial charge on any atom is -0.455 e. The quantitative estimate of drug-likeness (QED) is 0.172. The van der Waals surface area contributed by atoms with Gasteiger partial charge in [0.05, 0.1) is 11.0 Å². The number of hydrogen-bond acceptors (Lipinski definition) is 2. The molecule has 2 aromatic heterocycles. The fourth-order valence-corrected chi connectivity index (χ4v) is 8.46. The SMILES string of the molecule is c1ccc(N(c2cccc(-c3cccc4ccccc34)c2)c2cc(-c3ccc(-n4c5ccccc5c5ccccc54)cc3)c3oc4ccccc4c3c2)cc1. The lowest BCUT2D eigenvalue weighted by Crippen LogP contribution is -2.10. The van der Waals surface area contributed by atoms with Crippen LogP contribution in [0.15, 0.2) is 211 Å². The van der Waals surface area contributed by atoms with Gasteiger partial charge in [-0.2, -0.15) is 0 Å². The molecule has 55 heavy (non-hydrogen) atoms. The average Bonchev–Trinajstić information content (AvgIpc) is 3.80. The summed E-state index contributed by atoms with van der Waals surface area (Å²) in [6, 6.07) is 73.9. The highest BCUT2D eigenvalue weighted by molar-refractivity contribution is 6.12. The van der Waals surface area contributed by atoms with E-state index in [-0.39, 0.29) is 0 Å². The van der Waals surface area contributed by atoms with Crippen LogP contribution in [0.25, 0.3) is 82.5 Å². The van der Waals surface area contributed by atoms with E-state index in [1.165, 1.54) is 43.7 Å². The van der Waals surface area contributed by atoms with Gasteiger partial charge in [0.25, 0.3) is 0 Å². The number of hydrogen-bond donors (Lipinski definition) is 0. The van der Waals surface area contributed by atoms with Crippen LogP contribution in [0.4, 0.5) is 17.1 Å². The Bertz CT molecular complexity index is 3150. The summed E-state index contributed by atoms with van der Waals surface area (Å²) in [5.74, 6) is 0. The van der Waals surface area contributed by atoms with E-state index in [0.717, 1.165) is 55.8 Å². The molecule has 0 amide bonds. The lowest BCUT2D eigenvalue weighted by molar-refractivity contribution is 0.670. The maximum absolute atomic E-state index is 6.70. The zero-order valence-corrected chi connectivity index (χ0v) is 29.9. The molecule has 258 valence electrons. The summed E-state index contributed by atoms with van der Waals surface area (Å²) in [4.78, 5) is 2.37. The van der Waals surface area contributed by atoms with Gasteiger partial charge in [0.2, 0.25) is 0 Å². The lowest BCUT2D eigenvalue weighted by Gasteiger charge is -2.27. The van der Waals surface area contributed by atoms with Gasteiger partial charge in [-0.05, 0) is 94.2 Å². The van der Waals surface area contributed by atoms with Crippen molar-refractivity contribution in [2.24, 2.45) is 0 Å². The number of nitrogens with zero attached hydrogens (tertiary/aromatic N) is 2. The largest absolute Gasteiger partial charge is 0.455 e. The van der Waals surface area contributed by atoms with E-state index < -0.39 is 0 Å². The van der Waals surface area contributed by atoms with Crippen molar-refractivity contribution < 1.29 is 4.42 Å². The van der Waals surface area contributed by atoms with E-state index in [2.05, 4.69) is 210 Å². The van der Waals surface area contributed by atoms with Gasteiger partial charge in [-0.15, -0.1) is 0 Å². The molecule has 2 heterocycles. The second-order valence-corrected chi connectivity index (χ2v) is 14.1. The number of rotatable bonds is 6. The Labute approximate surface area is 318 Å². The molecule has 0 radical (unpaired) electrons. The van der Waals surface area contributed by atoms with Crippen molar-refractivity contribution in [3.8, 4) is 27.9 Å². The Morgan fingerprint density at radius 3 is 1.76 bits per heavy atom. The first kappa shape index (κ1) is 31.2. The van der Waals surface area contributed by atoms with Gasteiger partial charge < -0.3 is 13.9 Å². The summed E-state index contributed by atoms with van der Waals surface area (Å²) in [6.07, 6.45) is 0. The van der Waals surface area contributed by atoms with Crippen molar-refractivity contribution >= 4 is 71.6 Å². The monoisotopic (exact) mass is 702 g/mol. The number of anilines is 3. The third-order valence-electron chi connectivity index (χ3n) is 11.0. The van der Waals surface area contributed by atoms with E-state index >= 15 is 0 Å². The topological polar surface area (TPSA) is 21.3 Å². The van der Waals surface area contributed by atoms with Crippen LogP contribution in [0.2, 0.25) is 0 Å². The molecule has 0 saturated carbocycles. The maximum Gasteiger partial charge on any atom is 0.143 e. The summed E-state index contributed by atoms with van der Waals surface area (Å²) in [5.41, 5.74) is 13.0. The highest BCUT2D eigenvalue weighted by Gasteiger charge is 2.21. The van der Waals surface area contributed by atoms with Crippen LogP contribution in [0.5, 0.6) is 0 Å². The Morgan fingerprint density at radius 2 is 0.982 bits per heavy atom. The van der Waals surface area contributed by atoms with Crippen LogP contribution in [0, 0.1) is 0 Å². The van der Waals surface area contributed by atoms with Crippen LogP contribution >= 0.6 is 0 Å². The van der Waals surface area contributed by atoms with Crippen molar-refractivity contribution in [1.82, 2.24) is 4.57 Å². The smallest absolute Gasteiger partial charge is 0.143 e. The molecule has 11 rings (SSSR count). The number of fused-ring (bicyclic) bond motifs is 7. The fraction of sp³-hybridized carbons (Fsp3) is 0. The van der Waals surface area contributed by atoms with Gasteiger partial charge in [-0.25, -0.2) is 0 Å². The molecule has 0 atom stereocenters. The van der Waals surface area contributed by atoms with Gasteiger partial charge in [0.1, 0.15) is 11.2 Å². The standard InChI is InChI=1S/C52H34N2O/c1-2-17-38(18-3-1)53(40-19-12-16-37(32-40)43-24-13-15-35-14-4-5-20-42(35)43)41-33-47(52-48(34-41)46-23-8-11-27-51(46)55-52)36-28-30-39(31-29-36)54-49-25-9-6-21-44(49)45-22-7-10-26-50(45)54/h1-34H. The summed E-state index contributed by atoms with van der Waals surface area (Å²) in [7, 11) is 0. The molecule has 3 heteroatoms. The summed E-state index contributed by atoms with van der Waals surface area (Å²) in [5, 5.41) is 7.16. The molecule has 0 fully saturated rings. The minimum absolute atomic E-state index is 0.877. The van der Waals surface area contributed by atoms with Crippen LogP contribution in [0.1, 0.15) is 0 Å². The zero-order valence-electron chi connectivity index (χ0n) is 29.9. The Morgan fingerprint density at radius 1 is 0.364 bits per heavy atom. The van der Waals surface area contributed by atoms with Crippen molar-refractivity contribution in [1.29, 1.82) is 0 Å². The number of furan rings is 1. The third kappa shape index (κ3) is 5.13. The van der Waals surface area contributed by atoms with Crippen LogP contribution in [0.3, 0.4) is 0 Å². The van der Waals surface area contributed by atoms with Gasteiger partial charge in [0.15, 0.2) is 0 Å². The van der Waals surface area contributed by atoms with Gasteiger partial charge in [-0.1, -0.05) is 140 Å². The van der Waals surface area contributed by atoms with E-state index in [1.54, 1.807) is 0 Å². The predicted octanol–water partition coefficient (Wildman–Crippen LogP) is 14.6. The molecule has 0 aliphatic heterocycles. The summed E-state index contributed by atoms with van der Waals surface area (Å²) < 4.78 is 9.06.